The largest absolute Gasteiger partial charge is 0.384 e. The summed E-state index contributed by atoms with van der Waals surface area (Å²) in [6.45, 7) is 4.17. The molecular weight excluding hydrogens is 242 g/mol. The molecule has 112 valence electrons. The highest BCUT2D eigenvalue weighted by molar-refractivity contribution is 5.82. The van der Waals surface area contributed by atoms with Crippen molar-refractivity contribution in [1.29, 1.82) is 0 Å². The van der Waals surface area contributed by atoms with Crippen LogP contribution in [-0.4, -0.2) is 76.7 Å². The summed E-state index contributed by atoms with van der Waals surface area (Å²) >= 11 is 0. The molecule has 0 aromatic carbocycles. The average molecular weight is 271 g/mol. The molecule has 0 spiro atoms. The predicted octanol–water partition coefficient (Wildman–Crippen LogP) is 0.413. The van der Waals surface area contributed by atoms with Gasteiger partial charge in [0.2, 0.25) is 5.91 Å². The Balaban J connectivity index is 2.55. The number of hydrogen-bond acceptors (Lipinski definition) is 4. The number of carbonyl (C=O) groups excluding carboxylic acids is 1. The van der Waals surface area contributed by atoms with Crippen molar-refractivity contribution < 1.29 is 9.53 Å². The van der Waals surface area contributed by atoms with Crippen molar-refractivity contribution >= 4 is 5.91 Å². The van der Waals surface area contributed by atoms with Gasteiger partial charge in [-0.05, 0) is 53.0 Å². The van der Waals surface area contributed by atoms with Crippen LogP contribution in [0.2, 0.25) is 0 Å². The van der Waals surface area contributed by atoms with Crippen LogP contribution in [0.15, 0.2) is 0 Å². The zero-order chi connectivity index (χ0) is 14.3. The van der Waals surface area contributed by atoms with Crippen LogP contribution in [0.4, 0.5) is 0 Å². The number of rotatable bonds is 7. The summed E-state index contributed by atoms with van der Waals surface area (Å²) in [4.78, 5) is 16.7. The summed E-state index contributed by atoms with van der Waals surface area (Å²) in [6, 6.07) is 0. The molecule has 5 nitrogen and oxygen atoms in total. The highest BCUT2D eigenvalue weighted by atomic mass is 16.5. The topological polar surface area (TPSA) is 44.8 Å². The number of amides is 1. The van der Waals surface area contributed by atoms with Gasteiger partial charge in [0.05, 0.1) is 12.0 Å². The van der Waals surface area contributed by atoms with Crippen molar-refractivity contribution in [2.45, 2.75) is 19.3 Å². The summed E-state index contributed by atoms with van der Waals surface area (Å²) in [7, 11) is 7.71. The second-order valence-corrected chi connectivity index (χ2v) is 5.85. The lowest BCUT2D eigenvalue weighted by Crippen LogP contribution is -2.50. The SMILES string of the molecule is COCC1(C(=O)N(C)CCCN(C)C)CCNCC1. The van der Waals surface area contributed by atoms with Crippen LogP contribution in [0.5, 0.6) is 0 Å². The summed E-state index contributed by atoms with van der Waals surface area (Å²) < 4.78 is 5.32. The van der Waals surface area contributed by atoms with Gasteiger partial charge in [-0.15, -0.1) is 0 Å². The van der Waals surface area contributed by atoms with Crippen LogP contribution < -0.4 is 5.32 Å². The van der Waals surface area contributed by atoms with E-state index < -0.39 is 0 Å². The molecule has 0 saturated carbocycles. The van der Waals surface area contributed by atoms with E-state index in [1.54, 1.807) is 7.11 Å². The first kappa shape index (κ1) is 16.4. The number of hydrogen-bond donors (Lipinski definition) is 1. The third kappa shape index (κ3) is 4.75. The summed E-state index contributed by atoms with van der Waals surface area (Å²) in [5.74, 6) is 0.245. The minimum atomic E-state index is -0.313. The number of ether oxygens (including phenoxy) is 1. The number of carbonyl (C=O) groups is 1. The zero-order valence-electron chi connectivity index (χ0n) is 12.9. The first-order valence-electron chi connectivity index (χ1n) is 7.12. The lowest BCUT2D eigenvalue weighted by Gasteiger charge is -2.38. The molecule has 1 saturated heterocycles. The van der Waals surface area contributed by atoms with E-state index in [0.29, 0.717) is 6.61 Å². The monoisotopic (exact) mass is 271 g/mol. The van der Waals surface area contributed by atoms with Crippen LogP contribution in [0.3, 0.4) is 0 Å². The Hall–Kier alpha value is -0.650. The quantitative estimate of drug-likeness (QED) is 0.728. The number of methoxy groups -OCH3 is 1. The van der Waals surface area contributed by atoms with E-state index >= 15 is 0 Å². The second kappa shape index (κ2) is 7.82. The van der Waals surface area contributed by atoms with Crippen molar-refractivity contribution in [3.05, 3.63) is 0 Å². The molecule has 0 aliphatic carbocycles. The summed E-state index contributed by atoms with van der Waals surface area (Å²) in [5, 5.41) is 3.32. The molecule has 5 heteroatoms. The van der Waals surface area contributed by atoms with E-state index in [-0.39, 0.29) is 11.3 Å². The normalized spacial score (nSPS) is 18.6. The van der Waals surface area contributed by atoms with Crippen LogP contribution in [0.1, 0.15) is 19.3 Å². The molecule has 19 heavy (non-hydrogen) atoms. The van der Waals surface area contributed by atoms with Crippen LogP contribution >= 0.6 is 0 Å². The second-order valence-electron chi connectivity index (χ2n) is 5.85. The molecule has 0 bridgehead atoms. The Labute approximate surface area is 117 Å². The van der Waals surface area contributed by atoms with E-state index in [1.807, 2.05) is 11.9 Å². The van der Waals surface area contributed by atoms with Gasteiger partial charge in [0.15, 0.2) is 0 Å². The van der Waals surface area contributed by atoms with Gasteiger partial charge in [0.1, 0.15) is 0 Å². The summed E-state index contributed by atoms with van der Waals surface area (Å²) in [5.41, 5.74) is -0.313. The Bertz CT molecular complexity index is 270. The molecule has 0 atom stereocenters. The standard InChI is InChI=1S/C14H29N3O2/c1-16(2)10-5-11-17(3)13(18)14(12-19-4)6-8-15-9-7-14/h15H,5-12H2,1-4H3. The molecule has 1 aliphatic rings. The van der Waals surface area contributed by atoms with Gasteiger partial charge in [0, 0.05) is 20.7 Å². The number of nitrogens with one attached hydrogen (secondary N) is 1. The molecule has 1 amide bonds. The smallest absolute Gasteiger partial charge is 0.230 e. The zero-order valence-corrected chi connectivity index (χ0v) is 12.9. The molecule has 1 aliphatic heterocycles. The Morgan fingerprint density at radius 2 is 1.84 bits per heavy atom. The summed E-state index contributed by atoms with van der Waals surface area (Å²) in [6.07, 6.45) is 2.76. The fourth-order valence-corrected chi connectivity index (χ4v) is 2.73. The van der Waals surface area contributed by atoms with Gasteiger partial charge in [-0.3, -0.25) is 4.79 Å². The van der Waals surface area contributed by atoms with Gasteiger partial charge in [-0.2, -0.15) is 0 Å². The fourth-order valence-electron chi connectivity index (χ4n) is 2.73. The molecule has 0 aromatic rings. The average Bonchev–Trinajstić information content (AvgIpc) is 2.38. The highest BCUT2D eigenvalue weighted by Crippen LogP contribution is 2.31. The lowest BCUT2D eigenvalue weighted by atomic mass is 9.78. The maximum Gasteiger partial charge on any atom is 0.230 e. The van der Waals surface area contributed by atoms with Crippen LogP contribution in [0, 0.1) is 5.41 Å². The molecular formula is C14H29N3O2. The maximum absolute atomic E-state index is 12.7. The molecule has 0 radical (unpaired) electrons. The molecule has 1 heterocycles. The third-order valence-corrected chi connectivity index (χ3v) is 3.88. The van der Waals surface area contributed by atoms with Crippen molar-refractivity contribution in [3.63, 3.8) is 0 Å². The Kier molecular flexibility index (Phi) is 6.75. The Morgan fingerprint density at radius 1 is 1.21 bits per heavy atom. The highest BCUT2D eigenvalue weighted by Gasteiger charge is 2.41. The van der Waals surface area contributed by atoms with Crippen molar-refractivity contribution in [3.8, 4) is 0 Å². The van der Waals surface area contributed by atoms with Crippen molar-refractivity contribution in [1.82, 2.24) is 15.1 Å². The molecule has 0 unspecified atom stereocenters. The van der Waals surface area contributed by atoms with Gasteiger partial charge in [-0.25, -0.2) is 0 Å². The van der Waals surface area contributed by atoms with Gasteiger partial charge in [0.25, 0.3) is 0 Å². The molecule has 1 fully saturated rings. The van der Waals surface area contributed by atoms with Gasteiger partial charge >= 0.3 is 0 Å². The lowest BCUT2D eigenvalue weighted by molar-refractivity contribution is -0.146. The van der Waals surface area contributed by atoms with E-state index in [0.717, 1.165) is 45.4 Å². The number of nitrogens with zero attached hydrogens (tertiary/aromatic N) is 2. The minimum Gasteiger partial charge on any atom is -0.384 e. The third-order valence-electron chi connectivity index (χ3n) is 3.88. The van der Waals surface area contributed by atoms with E-state index in [2.05, 4.69) is 24.3 Å². The van der Waals surface area contributed by atoms with Crippen LogP contribution in [-0.2, 0) is 9.53 Å². The van der Waals surface area contributed by atoms with Crippen molar-refractivity contribution in [2.24, 2.45) is 5.41 Å². The Morgan fingerprint density at radius 3 is 2.37 bits per heavy atom. The first-order valence-corrected chi connectivity index (χ1v) is 7.12. The van der Waals surface area contributed by atoms with Gasteiger partial charge < -0.3 is 19.9 Å². The van der Waals surface area contributed by atoms with Gasteiger partial charge in [-0.1, -0.05) is 0 Å². The number of piperidine rings is 1. The first-order chi connectivity index (χ1) is 9.02. The molecule has 1 N–H and O–H groups in total. The maximum atomic E-state index is 12.7. The van der Waals surface area contributed by atoms with Crippen LogP contribution in [0.25, 0.3) is 0 Å². The van der Waals surface area contributed by atoms with E-state index in [9.17, 15) is 4.79 Å². The molecule has 0 aromatic heterocycles. The minimum absolute atomic E-state index is 0.245. The fraction of sp³-hybridized carbons (Fsp3) is 0.929. The predicted molar refractivity (Wildman–Crippen MR) is 77.2 cm³/mol. The molecule has 1 rings (SSSR count). The van der Waals surface area contributed by atoms with E-state index in [1.165, 1.54) is 0 Å². The van der Waals surface area contributed by atoms with Crippen molar-refractivity contribution in [2.75, 3.05) is 61.0 Å². The van der Waals surface area contributed by atoms with E-state index in [4.69, 9.17) is 4.74 Å².